The van der Waals surface area contributed by atoms with Gasteiger partial charge in [-0.05, 0) is 84.3 Å². The fourth-order valence-electron chi connectivity index (χ4n) is 4.78. The Balaban J connectivity index is 1.69. The Morgan fingerprint density at radius 3 is 2.64 bits per heavy atom. The number of rotatable bonds is 4. The molecule has 0 aliphatic carbocycles. The van der Waals surface area contributed by atoms with Crippen LogP contribution in [0.25, 0.3) is 10.9 Å². The van der Waals surface area contributed by atoms with Gasteiger partial charge in [-0.15, -0.1) is 5.10 Å². The Hall–Kier alpha value is -3.32. The van der Waals surface area contributed by atoms with Crippen LogP contribution in [0.4, 0.5) is 0 Å². The number of hydrogen-bond acceptors (Lipinski definition) is 5. The molecule has 0 fully saturated rings. The average Bonchev–Trinajstić information content (AvgIpc) is 3.29. The molecular weight excluding hydrogens is 412 g/mol. The lowest BCUT2D eigenvalue weighted by molar-refractivity contribution is 0.185. The molecule has 5 rings (SSSR count). The first-order valence-electron chi connectivity index (χ1n) is 11.6. The van der Waals surface area contributed by atoms with Crippen LogP contribution < -0.4 is 5.56 Å². The number of nitrogens with zero attached hydrogens (tertiary/aromatic N) is 5. The number of H-pyrrole nitrogens is 1. The van der Waals surface area contributed by atoms with E-state index in [0.29, 0.717) is 11.4 Å². The molecule has 0 bridgehead atoms. The van der Waals surface area contributed by atoms with Crippen LogP contribution in [0.1, 0.15) is 61.8 Å². The molecule has 33 heavy (non-hydrogen) atoms. The molecule has 1 unspecified atom stereocenters. The monoisotopic (exact) mass is 442 g/mol. The number of aromatic amines is 1. The molecule has 0 saturated carbocycles. The molecule has 1 atom stereocenters. The molecule has 1 aliphatic heterocycles. The maximum absolute atomic E-state index is 13.4. The van der Waals surface area contributed by atoms with Crippen LogP contribution in [0, 0.1) is 0 Å². The molecule has 0 amide bonds. The van der Waals surface area contributed by atoms with Crippen LogP contribution in [-0.2, 0) is 24.9 Å². The molecule has 4 aromatic rings. The van der Waals surface area contributed by atoms with Crippen molar-refractivity contribution in [1.82, 2.24) is 30.1 Å². The fraction of sp³-hybridized carbons (Fsp3) is 0.385. The van der Waals surface area contributed by atoms with E-state index in [0.717, 1.165) is 36.8 Å². The van der Waals surface area contributed by atoms with E-state index in [2.05, 4.69) is 89.5 Å². The predicted molar refractivity (Wildman–Crippen MR) is 129 cm³/mol. The first-order valence-corrected chi connectivity index (χ1v) is 11.6. The molecular formula is C26H30N6O. The summed E-state index contributed by atoms with van der Waals surface area (Å²) in [6, 6.07) is 16.4. The van der Waals surface area contributed by atoms with Gasteiger partial charge < -0.3 is 4.98 Å². The smallest absolute Gasteiger partial charge is 0.253 e. The Kier molecular flexibility index (Phi) is 5.37. The largest absolute Gasteiger partial charge is 0.322 e. The highest BCUT2D eigenvalue weighted by atomic mass is 16.1. The highest BCUT2D eigenvalue weighted by Crippen LogP contribution is 2.33. The van der Waals surface area contributed by atoms with Crippen molar-refractivity contribution in [1.29, 1.82) is 0 Å². The normalized spacial score (nSPS) is 15.5. The van der Waals surface area contributed by atoms with Crippen molar-refractivity contribution < 1.29 is 0 Å². The van der Waals surface area contributed by atoms with E-state index >= 15 is 0 Å². The van der Waals surface area contributed by atoms with E-state index < -0.39 is 0 Å². The molecule has 0 radical (unpaired) electrons. The zero-order chi connectivity index (χ0) is 23.2. The van der Waals surface area contributed by atoms with Crippen LogP contribution >= 0.6 is 0 Å². The van der Waals surface area contributed by atoms with Crippen molar-refractivity contribution in [2.45, 2.75) is 58.7 Å². The highest BCUT2D eigenvalue weighted by Gasteiger charge is 2.34. The minimum atomic E-state index is -0.356. The number of benzene rings is 2. The zero-order valence-corrected chi connectivity index (χ0v) is 19.7. The van der Waals surface area contributed by atoms with Gasteiger partial charge in [0.05, 0.1) is 5.54 Å². The number of tetrazole rings is 1. The SMILES string of the molecule is CCc1ccc2[nH]c(=O)c(C(c3nnnn3C(C)(C)C)N3CCc4ccccc4C3)cc2c1. The molecule has 2 aromatic heterocycles. The summed E-state index contributed by atoms with van der Waals surface area (Å²) < 4.78 is 1.85. The Morgan fingerprint density at radius 1 is 1.09 bits per heavy atom. The summed E-state index contributed by atoms with van der Waals surface area (Å²) in [6.45, 7) is 9.93. The predicted octanol–water partition coefficient (Wildman–Crippen LogP) is 3.98. The van der Waals surface area contributed by atoms with Crippen molar-refractivity contribution in [3.05, 3.63) is 87.0 Å². The minimum Gasteiger partial charge on any atom is -0.322 e. The molecule has 0 saturated heterocycles. The van der Waals surface area contributed by atoms with Crippen LogP contribution in [0.15, 0.2) is 53.3 Å². The summed E-state index contributed by atoms with van der Waals surface area (Å²) in [5, 5.41) is 13.8. The molecule has 1 aliphatic rings. The lowest BCUT2D eigenvalue weighted by Gasteiger charge is -2.36. The number of fused-ring (bicyclic) bond motifs is 2. The van der Waals surface area contributed by atoms with E-state index in [9.17, 15) is 4.79 Å². The third kappa shape index (κ3) is 3.97. The van der Waals surface area contributed by atoms with Gasteiger partial charge in [0.1, 0.15) is 6.04 Å². The molecule has 170 valence electrons. The zero-order valence-electron chi connectivity index (χ0n) is 19.7. The third-order valence-corrected chi connectivity index (χ3v) is 6.54. The molecule has 7 heteroatoms. The number of aryl methyl sites for hydroxylation is 1. The van der Waals surface area contributed by atoms with Crippen LogP contribution in [0.5, 0.6) is 0 Å². The summed E-state index contributed by atoms with van der Waals surface area (Å²) in [7, 11) is 0. The highest BCUT2D eigenvalue weighted by molar-refractivity contribution is 5.80. The van der Waals surface area contributed by atoms with Crippen molar-refractivity contribution >= 4 is 10.9 Å². The topological polar surface area (TPSA) is 79.7 Å². The molecule has 3 heterocycles. The summed E-state index contributed by atoms with van der Waals surface area (Å²) in [6.07, 6.45) is 1.87. The second kappa shape index (κ2) is 8.23. The molecule has 1 N–H and O–H groups in total. The van der Waals surface area contributed by atoms with E-state index in [4.69, 9.17) is 0 Å². The first-order chi connectivity index (χ1) is 15.8. The van der Waals surface area contributed by atoms with E-state index in [-0.39, 0.29) is 17.1 Å². The maximum Gasteiger partial charge on any atom is 0.253 e. The van der Waals surface area contributed by atoms with Crippen molar-refractivity contribution in [3.8, 4) is 0 Å². The van der Waals surface area contributed by atoms with Gasteiger partial charge in [-0.3, -0.25) is 9.69 Å². The summed E-state index contributed by atoms with van der Waals surface area (Å²) in [5.41, 5.74) is 5.00. The van der Waals surface area contributed by atoms with Gasteiger partial charge in [0, 0.05) is 24.2 Å². The standard InChI is InChI=1S/C26H30N6O/c1-5-17-10-11-22-20(14-17)15-21(25(33)27-22)23(24-28-29-30-32(24)26(2,3)4)31-13-12-18-8-6-7-9-19(18)16-31/h6-11,14-15,23H,5,12-13,16H2,1-4H3,(H,27,33). The maximum atomic E-state index is 13.4. The number of pyridine rings is 1. The van der Waals surface area contributed by atoms with Gasteiger partial charge in [-0.2, -0.15) is 0 Å². The van der Waals surface area contributed by atoms with Gasteiger partial charge in [0.25, 0.3) is 5.56 Å². The van der Waals surface area contributed by atoms with Gasteiger partial charge in [0.15, 0.2) is 5.82 Å². The number of aromatic nitrogens is 5. The summed E-state index contributed by atoms with van der Waals surface area (Å²) >= 11 is 0. The fourth-order valence-corrected chi connectivity index (χ4v) is 4.78. The van der Waals surface area contributed by atoms with Gasteiger partial charge >= 0.3 is 0 Å². The first kappa shape index (κ1) is 21.5. The lowest BCUT2D eigenvalue weighted by Crippen LogP contribution is -2.40. The Morgan fingerprint density at radius 2 is 1.88 bits per heavy atom. The van der Waals surface area contributed by atoms with Gasteiger partial charge in [0.2, 0.25) is 0 Å². The van der Waals surface area contributed by atoms with E-state index in [1.807, 2.05) is 16.8 Å². The van der Waals surface area contributed by atoms with Crippen molar-refractivity contribution in [2.75, 3.05) is 6.54 Å². The van der Waals surface area contributed by atoms with Gasteiger partial charge in [-0.25, -0.2) is 4.68 Å². The summed E-state index contributed by atoms with van der Waals surface area (Å²) in [5.74, 6) is 0.693. The van der Waals surface area contributed by atoms with E-state index in [1.54, 1.807) is 0 Å². The quantitative estimate of drug-likeness (QED) is 0.517. The third-order valence-electron chi connectivity index (χ3n) is 6.54. The van der Waals surface area contributed by atoms with Gasteiger partial charge in [-0.1, -0.05) is 37.3 Å². The number of hydrogen-bond donors (Lipinski definition) is 1. The van der Waals surface area contributed by atoms with Crippen LogP contribution in [0.3, 0.4) is 0 Å². The van der Waals surface area contributed by atoms with E-state index in [1.165, 1.54) is 16.7 Å². The molecule has 0 spiro atoms. The van der Waals surface area contributed by atoms with Crippen molar-refractivity contribution in [3.63, 3.8) is 0 Å². The lowest BCUT2D eigenvalue weighted by atomic mass is 9.95. The average molecular weight is 443 g/mol. The minimum absolute atomic E-state index is 0.0981. The Bertz CT molecular complexity index is 1360. The van der Waals surface area contributed by atoms with Crippen LogP contribution in [0.2, 0.25) is 0 Å². The second-order valence-corrected chi connectivity index (χ2v) is 9.84. The second-order valence-electron chi connectivity index (χ2n) is 9.84. The number of nitrogens with one attached hydrogen (secondary N) is 1. The molecule has 2 aromatic carbocycles. The van der Waals surface area contributed by atoms with Crippen LogP contribution in [-0.4, -0.2) is 36.6 Å². The van der Waals surface area contributed by atoms with Crippen molar-refractivity contribution in [2.24, 2.45) is 0 Å². The summed E-state index contributed by atoms with van der Waals surface area (Å²) in [4.78, 5) is 18.9. The Labute approximate surface area is 193 Å². The molecule has 7 nitrogen and oxygen atoms in total.